The lowest BCUT2D eigenvalue weighted by atomic mass is 10.2. The minimum atomic E-state index is -0.697. The van der Waals surface area contributed by atoms with Gasteiger partial charge in [0.15, 0.2) is 6.29 Å². The van der Waals surface area contributed by atoms with Crippen LogP contribution >= 0.6 is 11.6 Å². The number of hydrogen-bond acceptors (Lipinski definition) is 3. The molecule has 1 aliphatic rings. The summed E-state index contributed by atoms with van der Waals surface area (Å²) in [6.45, 7) is 0.909. The lowest BCUT2D eigenvalue weighted by Crippen LogP contribution is -2.04. The van der Waals surface area contributed by atoms with Gasteiger partial charge in [-0.2, -0.15) is 0 Å². The van der Waals surface area contributed by atoms with Crippen molar-refractivity contribution in [1.82, 2.24) is 0 Å². The Hall–Kier alpha value is -0.840. The molecule has 3 nitrogen and oxygen atoms in total. The van der Waals surface area contributed by atoms with E-state index in [9.17, 15) is 4.39 Å². The smallest absolute Gasteiger partial charge is 0.190 e. The van der Waals surface area contributed by atoms with Crippen molar-refractivity contribution in [2.75, 3.05) is 20.3 Å². The molecule has 0 unspecified atom stereocenters. The Balaban J connectivity index is 2.43. The van der Waals surface area contributed by atoms with Crippen LogP contribution in [-0.4, -0.2) is 20.3 Å². The van der Waals surface area contributed by atoms with Gasteiger partial charge in [0.25, 0.3) is 0 Å². The van der Waals surface area contributed by atoms with Crippen molar-refractivity contribution in [2.24, 2.45) is 0 Å². The van der Waals surface area contributed by atoms with Crippen molar-refractivity contribution in [1.29, 1.82) is 0 Å². The maximum atomic E-state index is 13.6. The van der Waals surface area contributed by atoms with E-state index in [0.29, 0.717) is 19.0 Å². The molecule has 0 atom stereocenters. The number of hydrogen-bond donors (Lipinski definition) is 0. The molecule has 1 fully saturated rings. The van der Waals surface area contributed by atoms with Crippen molar-refractivity contribution in [3.63, 3.8) is 0 Å². The van der Waals surface area contributed by atoms with Gasteiger partial charge in [0.05, 0.1) is 25.9 Å². The molecule has 15 heavy (non-hydrogen) atoms. The van der Waals surface area contributed by atoms with E-state index in [-0.39, 0.29) is 10.6 Å². The molecule has 0 saturated carbocycles. The number of halogens is 2. The summed E-state index contributed by atoms with van der Waals surface area (Å²) in [5.41, 5.74) is 0.263. The lowest BCUT2D eigenvalue weighted by molar-refractivity contribution is -0.0478. The third-order valence-corrected chi connectivity index (χ3v) is 2.35. The molecule has 5 heteroatoms. The highest BCUT2D eigenvalue weighted by Gasteiger charge is 2.26. The Morgan fingerprint density at radius 1 is 1.40 bits per heavy atom. The Bertz CT molecular complexity index is 364. The summed E-state index contributed by atoms with van der Waals surface area (Å²) in [5.74, 6) is -0.141. The van der Waals surface area contributed by atoms with E-state index in [1.807, 2.05) is 0 Å². The Morgan fingerprint density at radius 2 is 2.07 bits per heavy atom. The van der Waals surface area contributed by atoms with Crippen molar-refractivity contribution < 1.29 is 18.6 Å². The van der Waals surface area contributed by atoms with Crippen LogP contribution in [0.15, 0.2) is 12.1 Å². The van der Waals surface area contributed by atoms with Gasteiger partial charge >= 0.3 is 0 Å². The summed E-state index contributed by atoms with van der Waals surface area (Å²) >= 11 is 5.71. The van der Waals surface area contributed by atoms with Crippen LogP contribution in [0.25, 0.3) is 0 Å². The van der Waals surface area contributed by atoms with E-state index < -0.39 is 12.1 Å². The molecule has 1 saturated heterocycles. The summed E-state index contributed by atoms with van der Waals surface area (Å²) in [7, 11) is 1.45. The predicted octanol–water partition coefficient (Wildman–Crippen LogP) is 2.53. The number of rotatable bonds is 2. The zero-order valence-electron chi connectivity index (χ0n) is 8.13. The predicted molar refractivity (Wildman–Crippen MR) is 52.6 cm³/mol. The van der Waals surface area contributed by atoms with Crippen molar-refractivity contribution in [3.05, 3.63) is 28.5 Å². The van der Waals surface area contributed by atoms with Gasteiger partial charge in [-0.25, -0.2) is 4.39 Å². The summed E-state index contributed by atoms with van der Waals surface area (Å²) in [5, 5.41) is 0.283. The van der Waals surface area contributed by atoms with Gasteiger partial charge in [-0.3, -0.25) is 0 Å². The molecule has 0 bridgehead atoms. The number of benzene rings is 1. The van der Waals surface area contributed by atoms with E-state index in [1.54, 1.807) is 0 Å². The summed E-state index contributed by atoms with van der Waals surface area (Å²) < 4.78 is 29.1. The van der Waals surface area contributed by atoms with Crippen LogP contribution in [0, 0.1) is 5.82 Å². The molecular formula is C10H10ClFO3. The van der Waals surface area contributed by atoms with E-state index in [1.165, 1.54) is 19.2 Å². The Morgan fingerprint density at radius 3 is 2.67 bits per heavy atom. The average molecular weight is 233 g/mol. The number of ether oxygens (including phenoxy) is 3. The van der Waals surface area contributed by atoms with Crippen LogP contribution in [0.3, 0.4) is 0 Å². The van der Waals surface area contributed by atoms with Crippen LogP contribution in [-0.2, 0) is 9.47 Å². The largest absolute Gasteiger partial charge is 0.496 e. The van der Waals surface area contributed by atoms with E-state index in [0.717, 1.165) is 0 Å². The first-order chi connectivity index (χ1) is 7.22. The monoisotopic (exact) mass is 232 g/mol. The second-order valence-electron chi connectivity index (χ2n) is 3.08. The van der Waals surface area contributed by atoms with E-state index in [2.05, 4.69) is 0 Å². The van der Waals surface area contributed by atoms with Crippen molar-refractivity contribution >= 4 is 11.6 Å². The lowest BCUT2D eigenvalue weighted by Gasteiger charge is -2.14. The van der Waals surface area contributed by atoms with Gasteiger partial charge in [-0.05, 0) is 12.1 Å². The topological polar surface area (TPSA) is 27.7 Å². The highest BCUT2D eigenvalue weighted by atomic mass is 35.5. The third-order valence-electron chi connectivity index (χ3n) is 2.13. The normalized spacial score (nSPS) is 17.0. The number of methoxy groups -OCH3 is 1. The molecule has 1 aliphatic heterocycles. The molecular weight excluding hydrogens is 223 g/mol. The standard InChI is InChI=1S/C10H10ClFO3/c1-13-8-5-6(11)4-7(12)9(8)10-14-2-3-15-10/h4-5,10H,2-3H2,1H3. The van der Waals surface area contributed by atoms with Crippen LogP contribution in [0.4, 0.5) is 4.39 Å². The third kappa shape index (κ3) is 2.07. The maximum Gasteiger partial charge on any atom is 0.190 e. The fraction of sp³-hybridized carbons (Fsp3) is 0.400. The zero-order valence-corrected chi connectivity index (χ0v) is 8.88. The molecule has 0 aromatic heterocycles. The minimum Gasteiger partial charge on any atom is -0.496 e. The van der Waals surface area contributed by atoms with Crippen LogP contribution < -0.4 is 4.74 Å². The summed E-state index contributed by atoms with van der Waals surface area (Å²) in [6.07, 6.45) is -0.697. The van der Waals surface area contributed by atoms with Crippen LogP contribution in [0.2, 0.25) is 5.02 Å². The van der Waals surface area contributed by atoms with E-state index in [4.69, 9.17) is 25.8 Å². The Labute approximate surface area is 91.7 Å². The molecule has 0 spiro atoms. The molecule has 1 aromatic carbocycles. The van der Waals surface area contributed by atoms with Gasteiger partial charge in [-0.15, -0.1) is 0 Å². The van der Waals surface area contributed by atoms with Crippen molar-refractivity contribution in [2.45, 2.75) is 6.29 Å². The Kier molecular flexibility index (Phi) is 3.09. The second-order valence-corrected chi connectivity index (χ2v) is 3.51. The highest BCUT2D eigenvalue weighted by molar-refractivity contribution is 6.30. The van der Waals surface area contributed by atoms with Crippen molar-refractivity contribution in [3.8, 4) is 5.75 Å². The summed E-state index contributed by atoms with van der Waals surface area (Å²) in [6, 6.07) is 2.75. The quantitative estimate of drug-likeness (QED) is 0.784. The highest BCUT2D eigenvalue weighted by Crippen LogP contribution is 2.35. The average Bonchev–Trinajstić information content (AvgIpc) is 2.69. The molecule has 2 rings (SSSR count). The fourth-order valence-electron chi connectivity index (χ4n) is 1.48. The van der Waals surface area contributed by atoms with Gasteiger partial charge in [0.1, 0.15) is 11.6 Å². The zero-order chi connectivity index (χ0) is 10.8. The minimum absolute atomic E-state index is 0.263. The molecule has 0 amide bonds. The first-order valence-electron chi connectivity index (χ1n) is 4.48. The first kappa shape index (κ1) is 10.7. The van der Waals surface area contributed by atoms with Crippen LogP contribution in [0.1, 0.15) is 11.9 Å². The van der Waals surface area contributed by atoms with Gasteiger partial charge in [0, 0.05) is 5.02 Å². The molecule has 1 heterocycles. The molecule has 0 aliphatic carbocycles. The SMILES string of the molecule is COc1cc(Cl)cc(F)c1C1OCCO1. The summed E-state index contributed by atoms with van der Waals surface area (Å²) in [4.78, 5) is 0. The molecule has 1 aromatic rings. The first-order valence-corrected chi connectivity index (χ1v) is 4.86. The van der Waals surface area contributed by atoms with Crippen LogP contribution in [0.5, 0.6) is 5.75 Å². The van der Waals surface area contributed by atoms with Gasteiger partial charge < -0.3 is 14.2 Å². The van der Waals surface area contributed by atoms with Gasteiger partial charge in [0.2, 0.25) is 0 Å². The molecule has 82 valence electrons. The van der Waals surface area contributed by atoms with Gasteiger partial charge in [-0.1, -0.05) is 11.6 Å². The second kappa shape index (κ2) is 4.35. The van der Waals surface area contributed by atoms with E-state index >= 15 is 0 Å². The fourth-order valence-corrected chi connectivity index (χ4v) is 1.68. The molecule has 0 radical (unpaired) electrons. The molecule has 0 N–H and O–H groups in total. The maximum absolute atomic E-state index is 13.6.